The van der Waals surface area contributed by atoms with E-state index in [1.807, 2.05) is 17.5 Å². The predicted molar refractivity (Wildman–Crippen MR) is 114 cm³/mol. The van der Waals surface area contributed by atoms with E-state index < -0.39 is 15.8 Å². The van der Waals surface area contributed by atoms with Crippen LogP contribution in [0.1, 0.15) is 28.3 Å². The number of nitrogens with one attached hydrogen (secondary N) is 1. The van der Waals surface area contributed by atoms with Crippen LogP contribution in [0.3, 0.4) is 0 Å². The van der Waals surface area contributed by atoms with Gasteiger partial charge in [0.05, 0.1) is 4.90 Å². The molecule has 0 radical (unpaired) electrons. The van der Waals surface area contributed by atoms with Crippen molar-refractivity contribution in [3.8, 4) is 0 Å². The molecule has 2 heterocycles. The molecule has 0 saturated carbocycles. The smallest absolute Gasteiger partial charge is 0.240 e. The molecule has 0 fully saturated rings. The molecule has 7 heteroatoms. The minimum Gasteiger partial charge on any atom is -0.290 e. The highest BCUT2D eigenvalue weighted by Gasteiger charge is 2.27. The molecule has 29 heavy (non-hydrogen) atoms. The third-order valence-corrected chi connectivity index (χ3v) is 7.56. The van der Waals surface area contributed by atoms with Crippen LogP contribution in [-0.2, 0) is 23.0 Å². The number of aryl methyl sites for hydroxylation is 1. The van der Waals surface area contributed by atoms with Crippen molar-refractivity contribution in [2.24, 2.45) is 0 Å². The Kier molecular flexibility index (Phi) is 5.83. The quantitative estimate of drug-likeness (QED) is 0.635. The first-order valence-electron chi connectivity index (χ1n) is 9.53. The number of rotatable bonds is 6. The highest BCUT2D eigenvalue weighted by Crippen LogP contribution is 2.29. The van der Waals surface area contributed by atoms with Crippen LogP contribution in [0.15, 0.2) is 64.2 Å². The van der Waals surface area contributed by atoms with E-state index in [0.29, 0.717) is 5.56 Å². The van der Waals surface area contributed by atoms with Crippen molar-refractivity contribution in [2.75, 3.05) is 13.1 Å². The molecule has 0 spiro atoms. The number of hydrogen-bond acceptors (Lipinski definition) is 4. The Bertz CT molecular complexity index is 1100. The van der Waals surface area contributed by atoms with Crippen LogP contribution in [0.25, 0.3) is 0 Å². The molecule has 0 bridgehead atoms. The zero-order valence-electron chi connectivity index (χ0n) is 16.1. The fourth-order valence-corrected chi connectivity index (χ4v) is 5.59. The molecule has 152 valence electrons. The number of halogens is 1. The maximum Gasteiger partial charge on any atom is 0.240 e. The van der Waals surface area contributed by atoms with Gasteiger partial charge < -0.3 is 0 Å². The highest BCUT2D eigenvalue weighted by atomic mass is 32.2. The summed E-state index contributed by atoms with van der Waals surface area (Å²) in [5.74, 6) is -0.410. The van der Waals surface area contributed by atoms with Crippen LogP contribution in [0.2, 0.25) is 0 Å². The first-order valence-corrected chi connectivity index (χ1v) is 12.0. The van der Waals surface area contributed by atoms with Crippen LogP contribution in [0, 0.1) is 12.7 Å². The Hall–Kier alpha value is -2.06. The molecule has 1 N–H and O–H groups in total. The Morgan fingerprint density at radius 3 is 2.69 bits per heavy atom. The maximum absolute atomic E-state index is 13.5. The van der Waals surface area contributed by atoms with Crippen molar-refractivity contribution in [3.63, 3.8) is 0 Å². The molecule has 0 aliphatic carbocycles. The van der Waals surface area contributed by atoms with Crippen LogP contribution in [0.4, 0.5) is 4.39 Å². The summed E-state index contributed by atoms with van der Waals surface area (Å²) < 4.78 is 41.9. The number of thiophene rings is 1. The average molecular weight is 431 g/mol. The van der Waals surface area contributed by atoms with E-state index in [-0.39, 0.29) is 17.5 Å². The standard InChI is InChI=1S/C22H23FN2O2S2/c1-16-12-20(6-7-21(16)23)29(26,27)24-13-22(19-9-11-28-15-19)25-10-8-17-4-2-3-5-18(17)14-25/h2-7,9,11-12,15,22,24H,8,10,13-14H2,1H3. The molecule has 1 aromatic heterocycles. The molecule has 1 aliphatic heterocycles. The fraction of sp³-hybridized carbons (Fsp3) is 0.273. The molecule has 4 nitrogen and oxygen atoms in total. The Morgan fingerprint density at radius 2 is 1.97 bits per heavy atom. The van der Waals surface area contributed by atoms with E-state index in [0.717, 1.165) is 25.1 Å². The summed E-state index contributed by atoms with van der Waals surface area (Å²) in [5, 5.41) is 4.08. The molecule has 4 rings (SSSR count). The summed E-state index contributed by atoms with van der Waals surface area (Å²) in [6.45, 7) is 3.48. The van der Waals surface area contributed by atoms with Gasteiger partial charge in [0.25, 0.3) is 0 Å². The summed E-state index contributed by atoms with van der Waals surface area (Å²) in [5.41, 5.74) is 4.06. The van der Waals surface area contributed by atoms with Gasteiger partial charge in [-0.05, 0) is 70.6 Å². The minimum absolute atomic E-state index is 0.0640. The van der Waals surface area contributed by atoms with Crippen LogP contribution >= 0.6 is 11.3 Å². The summed E-state index contributed by atoms with van der Waals surface area (Å²) in [4.78, 5) is 2.41. The normalized spacial score (nSPS) is 15.8. The average Bonchev–Trinajstić information content (AvgIpc) is 3.24. The van der Waals surface area contributed by atoms with Crippen LogP contribution < -0.4 is 4.72 Å². The number of nitrogens with zero attached hydrogens (tertiary/aromatic N) is 1. The van der Waals surface area contributed by atoms with Gasteiger partial charge in [-0.3, -0.25) is 4.90 Å². The second kappa shape index (κ2) is 8.36. The summed E-state index contributed by atoms with van der Waals surface area (Å²) in [6.07, 6.45) is 0.945. The minimum atomic E-state index is -3.72. The lowest BCUT2D eigenvalue weighted by Gasteiger charge is -2.35. The molecule has 1 atom stereocenters. The molecule has 3 aromatic rings. The largest absolute Gasteiger partial charge is 0.290 e. The highest BCUT2D eigenvalue weighted by molar-refractivity contribution is 7.89. The van der Waals surface area contributed by atoms with Gasteiger partial charge in [-0.2, -0.15) is 11.3 Å². The van der Waals surface area contributed by atoms with Crippen LogP contribution in [0.5, 0.6) is 0 Å². The zero-order chi connectivity index (χ0) is 20.4. The fourth-order valence-electron chi connectivity index (χ4n) is 3.76. The van der Waals surface area contributed by atoms with Crippen molar-refractivity contribution in [1.29, 1.82) is 0 Å². The van der Waals surface area contributed by atoms with Gasteiger partial charge in [0.15, 0.2) is 0 Å². The lowest BCUT2D eigenvalue weighted by molar-refractivity contribution is 0.181. The second-order valence-electron chi connectivity index (χ2n) is 7.32. The monoisotopic (exact) mass is 430 g/mol. The number of fused-ring (bicyclic) bond motifs is 1. The van der Waals surface area contributed by atoms with Gasteiger partial charge in [-0.15, -0.1) is 0 Å². The number of sulfonamides is 1. The van der Waals surface area contributed by atoms with Gasteiger partial charge >= 0.3 is 0 Å². The first-order chi connectivity index (χ1) is 13.9. The molecule has 0 saturated heterocycles. The Balaban J connectivity index is 1.55. The van der Waals surface area contributed by atoms with Gasteiger partial charge in [0.1, 0.15) is 5.82 Å². The van der Waals surface area contributed by atoms with E-state index in [2.05, 4.69) is 33.2 Å². The van der Waals surface area contributed by atoms with Crippen molar-refractivity contribution in [2.45, 2.75) is 30.8 Å². The van der Waals surface area contributed by atoms with E-state index in [4.69, 9.17) is 0 Å². The molecular formula is C22H23FN2O2S2. The Morgan fingerprint density at radius 1 is 1.17 bits per heavy atom. The van der Waals surface area contributed by atoms with E-state index >= 15 is 0 Å². The van der Waals surface area contributed by atoms with Gasteiger partial charge in [-0.25, -0.2) is 17.5 Å². The third-order valence-electron chi connectivity index (χ3n) is 5.44. The molecule has 1 unspecified atom stereocenters. The second-order valence-corrected chi connectivity index (χ2v) is 9.87. The first kappa shape index (κ1) is 20.2. The Labute approximate surface area is 175 Å². The number of hydrogen-bond donors (Lipinski definition) is 1. The van der Waals surface area contributed by atoms with E-state index in [9.17, 15) is 12.8 Å². The predicted octanol–water partition coefficient (Wildman–Crippen LogP) is 4.27. The van der Waals surface area contributed by atoms with Crippen molar-refractivity contribution in [3.05, 3.63) is 87.4 Å². The lowest BCUT2D eigenvalue weighted by atomic mass is 9.97. The van der Waals surface area contributed by atoms with Gasteiger partial charge in [0, 0.05) is 25.7 Å². The van der Waals surface area contributed by atoms with Crippen molar-refractivity contribution < 1.29 is 12.8 Å². The van der Waals surface area contributed by atoms with Crippen molar-refractivity contribution in [1.82, 2.24) is 9.62 Å². The van der Waals surface area contributed by atoms with E-state index in [1.165, 1.54) is 29.3 Å². The summed E-state index contributed by atoms with van der Waals surface area (Å²) in [7, 11) is -3.72. The molecule has 1 aliphatic rings. The molecule has 0 amide bonds. The number of benzene rings is 2. The van der Waals surface area contributed by atoms with Gasteiger partial charge in [0.2, 0.25) is 10.0 Å². The van der Waals surface area contributed by atoms with E-state index in [1.54, 1.807) is 18.3 Å². The van der Waals surface area contributed by atoms with Crippen LogP contribution in [-0.4, -0.2) is 26.4 Å². The maximum atomic E-state index is 13.5. The molecular weight excluding hydrogens is 407 g/mol. The van der Waals surface area contributed by atoms with Crippen molar-refractivity contribution >= 4 is 21.4 Å². The topological polar surface area (TPSA) is 49.4 Å². The SMILES string of the molecule is Cc1cc(S(=O)(=O)NCC(c2ccsc2)N2CCc3ccccc3C2)ccc1F. The third kappa shape index (κ3) is 4.43. The van der Waals surface area contributed by atoms with Gasteiger partial charge in [-0.1, -0.05) is 24.3 Å². The lowest BCUT2D eigenvalue weighted by Crippen LogP contribution is -2.40. The molecule has 2 aromatic carbocycles. The zero-order valence-corrected chi connectivity index (χ0v) is 17.8. The summed E-state index contributed by atoms with van der Waals surface area (Å²) >= 11 is 1.61. The summed E-state index contributed by atoms with van der Waals surface area (Å²) in [6, 6.07) is 14.3.